The Morgan fingerprint density at radius 1 is 1.16 bits per heavy atom. The van der Waals surface area contributed by atoms with Gasteiger partial charge in [-0.3, -0.25) is 9.59 Å². The Kier molecular flexibility index (Phi) is 6.86. The van der Waals surface area contributed by atoms with Crippen LogP contribution < -0.4 is 14.8 Å². The maximum Gasteiger partial charge on any atom is 0.254 e. The van der Waals surface area contributed by atoms with Crippen LogP contribution in [0.3, 0.4) is 0 Å². The number of benzene rings is 2. The molecule has 170 valence electrons. The molecule has 0 unspecified atom stereocenters. The van der Waals surface area contributed by atoms with Gasteiger partial charge in [-0.2, -0.15) is 0 Å². The van der Waals surface area contributed by atoms with Gasteiger partial charge in [0.25, 0.3) is 5.91 Å². The number of hydrogen-bond donors (Lipinski definition) is 1. The molecule has 2 heterocycles. The molecule has 2 aliphatic heterocycles. The van der Waals surface area contributed by atoms with E-state index in [-0.39, 0.29) is 24.5 Å². The first-order valence-electron chi connectivity index (χ1n) is 10.8. The van der Waals surface area contributed by atoms with Crippen molar-refractivity contribution in [3.63, 3.8) is 0 Å². The smallest absolute Gasteiger partial charge is 0.254 e. The molecule has 2 aromatic rings. The molecule has 32 heavy (non-hydrogen) atoms. The van der Waals surface area contributed by atoms with Crippen LogP contribution in [-0.2, 0) is 9.53 Å². The number of anilines is 1. The molecule has 1 N–H and O–H groups in total. The van der Waals surface area contributed by atoms with Crippen LogP contribution in [-0.4, -0.2) is 55.7 Å². The topological polar surface area (TPSA) is 77.1 Å². The van der Waals surface area contributed by atoms with Crippen molar-refractivity contribution in [2.75, 3.05) is 38.2 Å². The fourth-order valence-corrected chi connectivity index (χ4v) is 4.19. The number of hydrogen-bond acceptors (Lipinski definition) is 5. The molecule has 2 aromatic carbocycles. The standard InChI is InChI=1S/C24H27ClN2O5/c1-15-5-3-7-20(16(15)2)26-22(28)14-27(13-18-6-4-8-30-18)24(29)17-11-19(25)23-21(12-17)31-9-10-32-23/h3,5,7,11-12,18H,4,6,8-10,13-14H2,1-2H3,(H,26,28)/t18-/m1/s1. The number of aryl methyl sites for hydroxylation is 1. The second-order valence-electron chi connectivity index (χ2n) is 8.10. The first-order chi connectivity index (χ1) is 15.4. The Hall–Kier alpha value is -2.77. The maximum absolute atomic E-state index is 13.4. The lowest BCUT2D eigenvalue weighted by Gasteiger charge is -2.26. The maximum atomic E-state index is 13.4. The molecular weight excluding hydrogens is 432 g/mol. The summed E-state index contributed by atoms with van der Waals surface area (Å²) in [6.07, 6.45) is 1.70. The molecule has 0 spiro atoms. The predicted molar refractivity (Wildman–Crippen MR) is 122 cm³/mol. The fraction of sp³-hybridized carbons (Fsp3) is 0.417. The Bertz CT molecular complexity index is 1020. The normalized spacial score (nSPS) is 17.2. The summed E-state index contributed by atoms with van der Waals surface area (Å²) in [5, 5.41) is 3.24. The van der Waals surface area contributed by atoms with Crippen molar-refractivity contribution in [3.8, 4) is 11.5 Å². The van der Waals surface area contributed by atoms with Gasteiger partial charge in [-0.25, -0.2) is 0 Å². The molecule has 0 saturated carbocycles. The molecule has 7 nitrogen and oxygen atoms in total. The minimum atomic E-state index is -0.310. The van der Waals surface area contributed by atoms with E-state index in [2.05, 4.69) is 5.32 Å². The van der Waals surface area contributed by atoms with E-state index in [0.717, 1.165) is 29.7 Å². The molecule has 4 rings (SSSR count). The van der Waals surface area contributed by atoms with Crippen molar-refractivity contribution < 1.29 is 23.8 Å². The van der Waals surface area contributed by atoms with E-state index >= 15 is 0 Å². The number of rotatable bonds is 6. The van der Waals surface area contributed by atoms with Crippen LogP contribution >= 0.6 is 11.6 Å². The van der Waals surface area contributed by atoms with Gasteiger partial charge in [0.15, 0.2) is 11.5 Å². The summed E-state index contributed by atoms with van der Waals surface area (Å²) in [5.74, 6) is 0.293. The highest BCUT2D eigenvalue weighted by molar-refractivity contribution is 6.32. The summed E-state index contributed by atoms with van der Waals surface area (Å²) in [4.78, 5) is 27.8. The molecule has 1 fully saturated rings. The van der Waals surface area contributed by atoms with Crippen molar-refractivity contribution in [1.82, 2.24) is 4.90 Å². The zero-order chi connectivity index (χ0) is 22.7. The van der Waals surface area contributed by atoms with E-state index in [0.29, 0.717) is 48.5 Å². The number of halogens is 1. The molecular formula is C24H27ClN2O5. The monoisotopic (exact) mass is 458 g/mol. The SMILES string of the molecule is Cc1cccc(NC(=O)CN(C[C@H]2CCCO2)C(=O)c2cc(Cl)c3c(c2)OCCO3)c1C. The summed E-state index contributed by atoms with van der Waals surface area (Å²) in [6, 6.07) is 8.91. The minimum Gasteiger partial charge on any atom is -0.486 e. The van der Waals surface area contributed by atoms with Crippen LogP contribution in [0.4, 0.5) is 5.69 Å². The van der Waals surface area contributed by atoms with Gasteiger partial charge >= 0.3 is 0 Å². The van der Waals surface area contributed by atoms with Crippen LogP contribution in [0.25, 0.3) is 0 Å². The quantitative estimate of drug-likeness (QED) is 0.708. The molecule has 1 atom stereocenters. The fourth-order valence-electron chi connectivity index (χ4n) is 3.92. The number of nitrogens with zero attached hydrogens (tertiary/aromatic N) is 1. The first-order valence-corrected chi connectivity index (χ1v) is 11.2. The molecule has 0 aromatic heterocycles. The Labute approximate surface area is 192 Å². The molecule has 1 saturated heterocycles. The second kappa shape index (κ2) is 9.79. The minimum absolute atomic E-state index is 0.0971. The summed E-state index contributed by atoms with van der Waals surface area (Å²) in [7, 11) is 0. The van der Waals surface area contributed by atoms with Crippen molar-refractivity contribution in [2.45, 2.75) is 32.8 Å². The van der Waals surface area contributed by atoms with Crippen molar-refractivity contribution in [1.29, 1.82) is 0 Å². The van der Waals surface area contributed by atoms with E-state index in [9.17, 15) is 9.59 Å². The molecule has 2 aliphatic rings. The molecule has 8 heteroatoms. The lowest BCUT2D eigenvalue weighted by molar-refractivity contribution is -0.117. The van der Waals surface area contributed by atoms with E-state index < -0.39 is 0 Å². The zero-order valence-corrected chi connectivity index (χ0v) is 19.0. The van der Waals surface area contributed by atoms with Gasteiger partial charge in [0, 0.05) is 24.4 Å². The van der Waals surface area contributed by atoms with Crippen LogP contribution in [0.15, 0.2) is 30.3 Å². The zero-order valence-electron chi connectivity index (χ0n) is 18.3. The van der Waals surface area contributed by atoms with Crippen LogP contribution in [0.2, 0.25) is 5.02 Å². The summed E-state index contributed by atoms with van der Waals surface area (Å²) in [6.45, 7) is 5.63. The van der Waals surface area contributed by atoms with Crippen molar-refractivity contribution >= 4 is 29.1 Å². The average molecular weight is 459 g/mol. The number of carbonyl (C=O) groups excluding carboxylic acids is 2. The average Bonchev–Trinajstić information content (AvgIpc) is 3.29. The number of fused-ring (bicyclic) bond motifs is 1. The van der Waals surface area contributed by atoms with Gasteiger partial charge in [-0.1, -0.05) is 23.7 Å². The highest BCUT2D eigenvalue weighted by Crippen LogP contribution is 2.38. The highest BCUT2D eigenvalue weighted by atomic mass is 35.5. The van der Waals surface area contributed by atoms with Crippen LogP contribution in [0, 0.1) is 13.8 Å². The molecule has 2 amide bonds. The predicted octanol–water partition coefficient (Wildman–Crippen LogP) is 3.99. The van der Waals surface area contributed by atoms with Gasteiger partial charge in [-0.15, -0.1) is 0 Å². The van der Waals surface area contributed by atoms with Crippen LogP contribution in [0.1, 0.15) is 34.3 Å². The van der Waals surface area contributed by atoms with Gasteiger partial charge in [0.05, 0.1) is 11.1 Å². The van der Waals surface area contributed by atoms with Crippen molar-refractivity contribution in [2.24, 2.45) is 0 Å². The number of nitrogens with one attached hydrogen (secondary N) is 1. The molecule has 0 bridgehead atoms. The summed E-state index contributed by atoms with van der Waals surface area (Å²) in [5.41, 5.74) is 3.16. The lowest BCUT2D eigenvalue weighted by atomic mass is 10.1. The van der Waals surface area contributed by atoms with Crippen molar-refractivity contribution in [3.05, 3.63) is 52.0 Å². The van der Waals surface area contributed by atoms with Gasteiger partial charge in [0.1, 0.15) is 19.8 Å². The van der Waals surface area contributed by atoms with Gasteiger partial charge < -0.3 is 24.4 Å². The largest absolute Gasteiger partial charge is 0.486 e. The van der Waals surface area contributed by atoms with E-state index in [1.165, 1.54) is 4.90 Å². The number of amides is 2. The Morgan fingerprint density at radius 2 is 1.97 bits per heavy atom. The Morgan fingerprint density at radius 3 is 2.75 bits per heavy atom. The third-order valence-electron chi connectivity index (χ3n) is 5.79. The Balaban J connectivity index is 1.54. The number of ether oxygens (including phenoxy) is 3. The highest BCUT2D eigenvalue weighted by Gasteiger charge is 2.27. The lowest BCUT2D eigenvalue weighted by Crippen LogP contribution is -2.42. The van der Waals surface area contributed by atoms with Crippen LogP contribution in [0.5, 0.6) is 11.5 Å². The second-order valence-corrected chi connectivity index (χ2v) is 8.51. The third kappa shape index (κ3) is 5.00. The van der Waals surface area contributed by atoms with Gasteiger partial charge in [-0.05, 0) is 56.0 Å². The van der Waals surface area contributed by atoms with E-state index in [4.69, 9.17) is 25.8 Å². The van der Waals surface area contributed by atoms with E-state index in [1.807, 2.05) is 32.0 Å². The van der Waals surface area contributed by atoms with E-state index in [1.54, 1.807) is 12.1 Å². The molecule has 0 radical (unpaired) electrons. The summed E-state index contributed by atoms with van der Waals surface area (Å²) >= 11 is 6.33. The first kappa shape index (κ1) is 22.4. The third-order valence-corrected chi connectivity index (χ3v) is 6.07. The summed E-state index contributed by atoms with van der Waals surface area (Å²) < 4.78 is 16.9. The number of carbonyl (C=O) groups is 2. The molecule has 0 aliphatic carbocycles. The van der Waals surface area contributed by atoms with Gasteiger partial charge in [0.2, 0.25) is 5.91 Å².